The first-order valence-corrected chi connectivity index (χ1v) is 17.2. The van der Waals surface area contributed by atoms with Crippen LogP contribution in [0.5, 0.6) is 0 Å². The summed E-state index contributed by atoms with van der Waals surface area (Å²) in [5.41, 5.74) is -3.27. The van der Waals surface area contributed by atoms with Crippen LogP contribution in [0.1, 0.15) is 120 Å². The molecular weight excluding hydrogens is 610 g/mol. The lowest BCUT2D eigenvalue weighted by atomic mass is 9.63. The summed E-state index contributed by atoms with van der Waals surface area (Å²) in [6, 6.07) is 0. The van der Waals surface area contributed by atoms with Crippen molar-refractivity contribution in [3.8, 4) is 18.8 Å². The first kappa shape index (κ1) is 37.1. The van der Waals surface area contributed by atoms with Crippen LogP contribution in [-0.4, -0.2) is 32.0 Å². The van der Waals surface area contributed by atoms with Crippen LogP contribution in [0.15, 0.2) is 9.59 Å². The smallest absolute Gasteiger partial charge is 0.335 e. The van der Waals surface area contributed by atoms with Gasteiger partial charge in [-0.15, -0.1) is 0 Å². The number of ether oxygens (including phenoxy) is 3. The van der Waals surface area contributed by atoms with Crippen LogP contribution < -0.4 is 17.0 Å². The molecule has 1 heterocycles. The fraction of sp³-hybridized carbons (Fsp3) is 0.833. The average molecular weight is 666 g/mol. The maximum atomic E-state index is 14.5. The minimum atomic E-state index is -0.536. The van der Waals surface area contributed by atoms with E-state index in [4.69, 9.17) is 14.2 Å². The van der Waals surface area contributed by atoms with Gasteiger partial charge in [-0.05, 0) is 90.3 Å². The largest absolute Gasteiger partial charge is 0.424 e. The predicted octanol–water partition coefficient (Wildman–Crippen LogP) is 5.54. The number of nitrogens with one attached hydrogen (secondary N) is 1. The van der Waals surface area contributed by atoms with Gasteiger partial charge in [0.05, 0.1) is 0 Å². The van der Waals surface area contributed by atoms with Crippen molar-refractivity contribution in [2.45, 2.75) is 158 Å². The van der Waals surface area contributed by atoms with Crippen molar-refractivity contribution in [3.63, 3.8) is 0 Å². The zero-order valence-corrected chi connectivity index (χ0v) is 30.4. The van der Waals surface area contributed by atoms with Gasteiger partial charge in [0.15, 0.2) is 0 Å². The molecule has 3 saturated carbocycles. The van der Waals surface area contributed by atoms with Gasteiger partial charge in [0.25, 0.3) is 18.8 Å². The van der Waals surface area contributed by atoms with E-state index >= 15 is 0 Å². The van der Waals surface area contributed by atoms with E-state index in [1.54, 1.807) is 0 Å². The third-order valence-electron chi connectivity index (χ3n) is 10.9. The molecule has 0 aliphatic heterocycles. The Morgan fingerprint density at radius 3 is 1.10 bits per heavy atom. The number of nitrogens with zero attached hydrogens (tertiary/aromatic N) is 6. The van der Waals surface area contributed by atoms with E-state index in [0.717, 1.165) is 19.3 Å². The van der Waals surface area contributed by atoms with E-state index in [9.17, 15) is 30.8 Å². The molecule has 4 rings (SSSR count). The molecule has 0 spiro atoms. The minimum absolute atomic E-state index is 0.115. The topological polar surface area (TPSA) is 172 Å². The van der Waals surface area contributed by atoms with Crippen LogP contribution >= 0.6 is 0 Å². The Hall–Kier alpha value is -3.72. The fourth-order valence-corrected chi connectivity index (χ4v) is 10.7. The summed E-state index contributed by atoms with van der Waals surface area (Å²) in [6.07, 6.45) is 10.5. The summed E-state index contributed by atoms with van der Waals surface area (Å²) < 4.78 is 20.5. The van der Waals surface area contributed by atoms with E-state index in [1.165, 1.54) is 13.7 Å². The summed E-state index contributed by atoms with van der Waals surface area (Å²) >= 11 is 0. The van der Waals surface area contributed by atoms with E-state index < -0.39 is 27.6 Å². The van der Waals surface area contributed by atoms with E-state index in [2.05, 4.69) is 55.4 Å². The van der Waals surface area contributed by atoms with Gasteiger partial charge in [0.2, 0.25) is 5.62 Å². The Morgan fingerprint density at radius 2 is 0.833 bits per heavy atom. The van der Waals surface area contributed by atoms with E-state index in [0.29, 0.717) is 38.5 Å². The molecule has 0 amide bonds. The summed E-state index contributed by atoms with van der Waals surface area (Å²) in [5, 5.41) is 37.4. The molecule has 1 N–H and O–H groups in total. The molecule has 0 aromatic carbocycles. The summed E-state index contributed by atoms with van der Waals surface area (Å²) in [5.74, 6) is 0. The number of hydrogen-bond acceptors (Lipinski definition) is 9. The quantitative estimate of drug-likeness (QED) is 0.335. The average Bonchev–Trinajstić information content (AvgIpc) is 2.89. The monoisotopic (exact) mass is 665 g/mol. The first-order valence-electron chi connectivity index (χ1n) is 17.2. The predicted molar refractivity (Wildman–Crippen MR) is 177 cm³/mol. The van der Waals surface area contributed by atoms with Gasteiger partial charge in [-0.1, -0.05) is 62.3 Å². The molecule has 3 aliphatic rings. The van der Waals surface area contributed by atoms with Crippen LogP contribution in [0.4, 0.5) is 0 Å². The zero-order chi connectivity index (χ0) is 35.9. The Labute approximate surface area is 284 Å². The minimum Gasteiger partial charge on any atom is -0.424 e. The molecule has 12 heteroatoms. The molecule has 1 aromatic rings. The van der Waals surface area contributed by atoms with Gasteiger partial charge >= 0.3 is 11.4 Å². The fourth-order valence-electron chi connectivity index (χ4n) is 10.7. The molecule has 264 valence electrons. The van der Waals surface area contributed by atoms with Crippen molar-refractivity contribution in [2.24, 2.45) is 32.5 Å². The van der Waals surface area contributed by atoms with E-state index in [1.807, 2.05) is 25.7 Å². The highest BCUT2D eigenvalue weighted by molar-refractivity contribution is 4.98. The molecule has 3 aliphatic carbocycles. The van der Waals surface area contributed by atoms with Crippen molar-refractivity contribution in [1.29, 1.82) is 21.2 Å². The van der Waals surface area contributed by atoms with Gasteiger partial charge in [0, 0.05) is 19.6 Å². The Morgan fingerprint density at radius 1 is 0.562 bits per heavy atom. The maximum Gasteiger partial charge on any atom is 0.335 e. The van der Waals surface area contributed by atoms with Crippen molar-refractivity contribution >= 4 is 0 Å². The van der Waals surface area contributed by atoms with Crippen LogP contribution in [0.25, 0.3) is 0 Å². The number of nitriles is 3. The lowest BCUT2D eigenvalue weighted by molar-refractivity contribution is -0.0265. The Balaban J connectivity index is 1.86. The Kier molecular flexibility index (Phi) is 10.0. The number of hydrogen-bond donors (Lipinski definition) is 1. The third kappa shape index (κ3) is 8.46. The highest BCUT2D eigenvalue weighted by Crippen LogP contribution is 2.50. The second kappa shape index (κ2) is 13.0. The van der Waals surface area contributed by atoms with Gasteiger partial charge in [-0.3, -0.25) is 14.5 Å². The normalized spacial score (nSPS) is 33.8. The van der Waals surface area contributed by atoms with Crippen molar-refractivity contribution in [3.05, 3.63) is 26.6 Å². The highest BCUT2D eigenvalue weighted by Gasteiger charge is 2.46. The molecule has 0 radical (unpaired) electrons. The third-order valence-corrected chi connectivity index (χ3v) is 10.9. The van der Waals surface area contributed by atoms with Crippen LogP contribution in [0, 0.1) is 72.5 Å². The second-order valence-electron chi connectivity index (χ2n) is 18.8. The SMILES string of the molecule is CC1(C)CC(OC#N)CC(C)(Cn2c(=N)n(CC3(C)CC(OC#N)CC(C)(C)C3)c(=O)n(CC3(C)CC(OC#N)CC(C)(C)C3)c2=O)C1. The molecule has 0 bridgehead atoms. The maximum absolute atomic E-state index is 14.5. The van der Waals surface area contributed by atoms with Gasteiger partial charge in [-0.2, -0.15) is 15.8 Å². The number of aromatic nitrogens is 3. The molecule has 48 heavy (non-hydrogen) atoms. The van der Waals surface area contributed by atoms with Crippen LogP contribution in [0.3, 0.4) is 0 Å². The first-order chi connectivity index (χ1) is 22.1. The zero-order valence-electron chi connectivity index (χ0n) is 30.4. The summed E-state index contributed by atoms with van der Waals surface area (Å²) in [7, 11) is 0. The summed E-state index contributed by atoms with van der Waals surface area (Å²) in [6.45, 7) is 19.4. The van der Waals surface area contributed by atoms with Crippen LogP contribution in [0.2, 0.25) is 0 Å². The highest BCUT2D eigenvalue weighted by atomic mass is 16.5. The lowest BCUT2D eigenvalue weighted by Crippen LogP contribution is -2.59. The van der Waals surface area contributed by atoms with Gasteiger partial charge in [0.1, 0.15) is 18.3 Å². The van der Waals surface area contributed by atoms with Crippen molar-refractivity contribution < 1.29 is 14.2 Å². The molecule has 1 aromatic heterocycles. The molecule has 6 atom stereocenters. The lowest BCUT2D eigenvalue weighted by Gasteiger charge is -2.47. The van der Waals surface area contributed by atoms with Crippen molar-refractivity contribution in [1.82, 2.24) is 13.7 Å². The number of rotatable bonds is 9. The molecule has 3 fully saturated rings. The molecule has 12 nitrogen and oxygen atoms in total. The molecule has 6 unspecified atom stereocenters. The standard InChI is InChI=1S/C36H55N7O5/c1-31(2)10-25(46-22-37)13-34(7,16-31)19-41-28(40)42(20-35(8)14-26(47-23-38)11-32(3,4)17-35)30(45)43(29(41)44)21-36(9)15-27(48-24-39)12-33(5,6)18-36/h25-27,40H,10-21H2,1-9H3. The second-order valence-corrected chi connectivity index (χ2v) is 18.8. The molecular formula is C36H55N7O5. The van der Waals surface area contributed by atoms with Gasteiger partial charge < -0.3 is 14.2 Å². The Bertz CT molecular complexity index is 1460. The van der Waals surface area contributed by atoms with Crippen molar-refractivity contribution in [2.75, 3.05) is 0 Å². The van der Waals surface area contributed by atoms with Gasteiger partial charge in [-0.25, -0.2) is 14.2 Å². The summed E-state index contributed by atoms with van der Waals surface area (Å²) in [4.78, 5) is 29.0. The van der Waals surface area contributed by atoms with Crippen LogP contribution in [-0.2, 0) is 33.8 Å². The van der Waals surface area contributed by atoms with E-state index in [-0.39, 0.29) is 59.8 Å². The molecule has 0 saturated heterocycles.